The standard InChI is InChI=1S/C18H18O2S/c1-20-16-7-4-13(5-8-16)11-15-12-14(6-9-17(15)19)18-3-2-10-21-18/h2-5,7-8,10-11,14H,6,9,12H2,1H3. The lowest BCUT2D eigenvalue weighted by molar-refractivity contribution is -0.116. The number of benzene rings is 1. The number of carbonyl (C=O) groups excluding carboxylic acids is 1. The molecule has 0 aliphatic heterocycles. The van der Waals surface area contributed by atoms with Crippen LogP contribution in [0, 0.1) is 0 Å². The van der Waals surface area contributed by atoms with Crippen molar-refractivity contribution in [1.82, 2.24) is 0 Å². The number of ether oxygens (including phenoxy) is 1. The van der Waals surface area contributed by atoms with Gasteiger partial charge >= 0.3 is 0 Å². The Morgan fingerprint density at radius 3 is 2.71 bits per heavy atom. The molecule has 1 fully saturated rings. The van der Waals surface area contributed by atoms with Crippen LogP contribution in [-0.2, 0) is 4.79 Å². The van der Waals surface area contributed by atoms with Crippen LogP contribution in [0.15, 0.2) is 47.4 Å². The molecule has 1 unspecified atom stereocenters. The van der Waals surface area contributed by atoms with Crippen molar-refractivity contribution in [3.63, 3.8) is 0 Å². The van der Waals surface area contributed by atoms with Gasteiger partial charge in [-0.25, -0.2) is 0 Å². The summed E-state index contributed by atoms with van der Waals surface area (Å²) < 4.78 is 5.16. The normalized spacial score (nSPS) is 20.7. The fourth-order valence-corrected chi connectivity index (χ4v) is 3.62. The molecular weight excluding hydrogens is 280 g/mol. The van der Waals surface area contributed by atoms with Gasteiger partial charge in [0.05, 0.1) is 7.11 Å². The molecular formula is C18H18O2S. The average Bonchev–Trinajstić information content (AvgIpc) is 3.04. The third-order valence-corrected chi connectivity index (χ3v) is 4.98. The quantitative estimate of drug-likeness (QED) is 0.769. The Morgan fingerprint density at radius 2 is 2.05 bits per heavy atom. The van der Waals surface area contributed by atoms with Crippen LogP contribution >= 0.6 is 11.3 Å². The predicted molar refractivity (Wildman–Crippen MR) is 86.9 cm³/mol. The molecule has 0 radical (unpaired) electrons. The summed E-state index contributed by atoms with van der Waals surface area (Å²) in [6.07, 6.45) is 4.51. The van der Waals surface area contributed by atoms with E-state index in [1.807, 2.05) is 30.3 Å². The van der Waals surface area contributed by atoms with Crippen molar-refractivity contribution in [1.29, 1.82) is 0 Å². The van der Waals surface area contributed by atoms with E-state index in [1.54, 1.807) is 18.4 Å². The van der Waals surface area contributed by atoms with Crippen LogP contribution in [0.4, 0.5) is 0 Å². The Kier molecular flexibility index (Phi) is 4.20. The summed E-state index contributed by atoms with van der Waals surface area (Å²) in [4.78, 5) is 13.5. The van der Waals surface area contributed by atoms with Gasteiger partial charge in [0.1, 0.15) is 5.75 Å². The average molecular weight is 298 g/mol. The molecule has 1 heterocycles. The summed E-state index contributed by atoms with van der Waals surface area (Å²) in [5.74, 6) is 1.62. The largest absolute Gasteiger partial charge is 0.497 e. The van der Waals surface area contributed by atoms with E-state index in [0.29, 0.717) is 18.1 Å². The number of ketones is 1. The number of Topliss-reactive ketones (excluding diaryl/α,β-unsaturated/α-hetero) is 1. The first-order chi connectivity index (χ1) is 10.3. The Hall–Kier alpha value is -1.87. The minimum absolute atomic E-state index is 0.290. The molecule has 21 heavy (non-hydrogen) atoms. The summed E-state index contributed by atoms with van der Waals surface area (Å²) in [7, 11) is 1.66. The minimum atomic E-state index is 0.290. The first kappa shape index (κ1) is 14.1. The topological polar surface area (TPSA) is 26.3 Å². The van der Waals surface area contributed by atoms with Crippen LogP contribution in [0.25, 0.3) is 6.08 Å². The van der Waals surface area contributed by atoms with Crippen molar-refractivity contribution in [2.45, 2.75) is 25.2 Å². The van der Waals surface area contributed by atoms with Crippen molar-refractivity contribution in [2.75, 3.05) is 7.11 Å². The lowest BCUT2D eigenvalue weighted by Gasteiger charge is -2.22. The lowest BCUT2D eigenvalue weighted by Crippen LogP contribution is -2.15. The van der Waals surface area contributed by atoms with E-state index in [-0.39, 0.29) is 0 Å². The van der Waals surface area contributed by atoms with Crippen LogP contribution in [-0.4, -0.2) is 12.9 Å². The first-order valence-electron chi connectivity index (χ1n) is 7.17. The number of hydrogen-bond donors (Lipinski definition) is 0. The van der Waals surface area contributed by atoms with Gasteiger partial charge in [0.15, 0.2) is 5.78 Å². The zero-order valence-corrected chi connectivity index (χ0v) is 12.9. The summed E-state index contributed by atoms with van der Waals surface area (Å²) in [6.45, 7) is 0. The van der Waals surface area contributed by atoms with E-state index in [4.69, 9.17) is 4.74 Å². The van der Waals surface area contributed by atoms with E-state index < -0.39 is 0 Å². The molecule has 1 aromatic carbocycles. The molecule has 1 aromatic heterocycles. The first-order valence-corrected chi connectivity index (χ1v) is 8.05. The third-order valence-electron chi connectivity index (χ3n) is 3.95. The molecule has 0 bridgehead atoms. The van der Waals surface area contributed by atoms with E-state index in [2.05, 4.69) is 17.5 Å². The van der Waals surface area contributed by atoms with E-state index in [1.165, 1.54) is 4.88 Å². The maximum absolute atomic E-state index is 12.1. The van der Waals surface area contributed by atoms with E-state index >= 15 is 0 Å². The van der Waals surface area contributed by atoms with Gasteiger partial charge in [-0.1, -0.05) is 18.2 Å². The highest BCUT2D eigenvalue weighted by atomic mass is 32.1. The smallest absolute Gasteiger partial charge is 0.158 e. The van der Waals surface area contributed by atoms with E-state index in [0.717, 1.165) is 29.7 Å². The third kappa shape index (κ3) is 3.24. The van der Waals surface area contributed by atoms with Crippen molar-refractivity contribution < 1.29 is 9.53 Å². The van der Waals surface area contributed by atoms with Gasteiger partial charge in [-0.3, -0.25) is 4.79 Å². The van der Waals surface area contributed by atoms with Gasteiger partial charge in [-0.05, 0) is 59.6 Å². The van der Waals surface area contributed by atoms with E-state index in [9.17, 15) is 4.79 Å². The summed E-state index contributed by atoms with van der Waals surface area (Å²) in [5.41, 5.74) is 2.01. The molecule has 1 aliphatic carbocycles. The highest BCUT2D eigenvalue weighted by molar-refractivity contribution is 7.10. The molecule has 1 atom stereocenters. The van der Waals surface area contributed by atoms with Gasteiger partial charge in [-0.15, -0.1) is 11.3 Å². The number of allylic oxidation sites excluding steroid dienone is 1. The second kappa shape index (κ2) is 6.27. The van der Waals surface area contributed by atoms with Gasteiger partial charge in [0.2, 0.25) is 0 Å². The number of thiophene rings is 1. The maximum Gasteiger partial charge on any atom is 0.158 e. The van der Waals surface area contributed by atoms with Gasteiger partial charge in [-0.2, -0.15) is 0 Å². The summed E-state index contributed by atoms with van der Waals surface area (Å²) in [6, 6.07) is 12.1. The van der Waals surface area contributed by atoms with Crippen molar-refractivity contribution in [3.05, 3.63) is 57.8 Å². The second-order valence-electron chi connectivity index (χ2n) is 5.32. The van der Waals surface area contributed by atoms with Crippen molar-refractivity contribution in [2.24, 2.45) is 0 Å². The van der Waals surface area contributed by atoms with Gasteiger partial charge in [0, 0.05) is 11.3 Å². The monoisotopic (exact) mass is 298 g/mol. The van der Waals surface area contributed by atoms with Crippen LogP contribution < -0.4 is 4.74 Å². The van der Waals surface area contributed by atoms with Crippen LogP contribution in [0.1, 0.15) is 35.6 Å². The Labute approximate surface area is 129 Å². The van der Waals surface area contributed by atoms with Crippen LogP contribution in [0.5, 0.6) is 5.75 Å². The van der Waals surface area contributed by atoms with Gasteiger partial charge in [0.25, 0.3) is 0 Å². The summed E-state index contributed by atoms with van der Waals surface area (Å²) >= 11 is 1.79. The summed E-state index contributed by atoms with van der Waals surface area (Å²) in [5, 5.41) is 2.11. The zero-order valence-electron chi connectivity index (χ0n) is 12.0. The maximum atomic E-state index is 12.1. The Bertz CT molecular complexity index is 638. The number of hydrogen-bond acceptors (Lipinski definition) is 3. The molecule has 0 spiro atoms. The molecule has 1 saturated carbocycles. The highest BCUT2D eigenvalue weighted by Gasteiger charge is 2.25. The second-order valence-corrected chi connectivity index (χ2v) is 6.30. The molecule has 0 saturated heterocycles. The Morgan fingerprint density at radius 1 is 1.24 bits per heavy atom. The SMILES string of the molecule is COc1ccc(C=C2CC(c3cccs3)CCC2=O)cc1. The van der Waals surface area contributed by atoms with Crippen LogP contribution in [0.2, 0.25) is 0 Å². The molecule has 2 aromatic rings. The fourth-order valence-electron chi connectivity index (χ4n) is 2.75. The minimum Gasteiger partial charge on any atom is -0.497 e. The number of carbonyl (C=O) groups is 1. The number of rotatable bonds is 3. The Balaban J connectivity index is 1.81. The van der Waals surface area contributed by atoms with Crippen LogP contribution in [0.3, 0.4) is 0 Å². The molecule has 0 N–H and O–H groups in total. The molecule has 1 aliphatic rings. The molecule has 2 nitrogen and oxygen atoms in total. The molecule has 3 heteroatoms. The highest BCUT2D eigenvalue weighted by Crippen LogP contribution is 2.37. The zero-order chi connectivity index (χ0) is 14.7. The number of methoxy groups -OCH3 is 1. The molecule has 3 rings (SSSR count). The van der Waals surface area contributed by atoms with Crippen molar-refractivity contribution in [3.8, 4) is 5.75 Å². The van der Waals surface area contributed by atoms with Crippen molar-refractivity contribution >= 4 is 23.2 Å². The predicted octanol–water partition coefficient (Wildman–Crippen LogP) is 4.68. The van der Waals surface area contributed by atoms with Gasteiger partial charge < -0.3 is 4.74 Å². The molecule has 108 valence electrons. The fraction of sp³-hybridized carbons (Fsp3) is 0.278. The molecule has 0 amide bonds. The lowest BCUT2D eigenvalue weighted by atomic mass is 9.83.